The van der Waals surface area contributed by atoms with Gasteiger partial charge in [0.05, 0.1) is 6.04 Å². The van der Waals surface area contributed by atoms with Crippen molar-refractivity contribution in [1.82, 2.24) is 5.32 Å². The maximum atomic E-state index is 12.9. The smallest absolute Gasteiger partial charge is 0.229 e. The summed E-state index contributed by atoms with van der Waals surface area (Å²) in [5, 5.41) is 2.99. The van der Waals surface area contributed by atoms with Gasteiger partial charge in [-0.3, -0.25) is 9.59 Å². The van der Waals surface area contributed by atoms with Crippen molar-refractivity contribution in [2.75, 3.05) is 11.4 Å². The maximum absolute atomic E-state index is 12.9. The minimum atomic E-state index is -0.323. The fourth-order valence-corrected chi connectivity index (χ4v) is 3.18. The molecule has 1 atom stereocenters. The van der Waals surface area contributed by atoms with E-state index >= 15 is 0 Å². The molecule has 112 valence electrons. The molecule has 3 rings (SSSR count). The molecule has 21 heavy (non-hydrogen) atoms. The van der Waals surface area contributed by atoms with Gasteiger partial charge >= 0.3 is 0 Å². The van der Waals surface area contributed by atoms with Gasteiger partial charge in [0.2, 0.25) is 11.8 Å². The summed E-state index contributed by atoms with van der Waals surface area (Å²) in [7, 11) is 0. The molecular weight excluding hydrogens is 271 g/mol. The number of carbonyl (C=O) groups is 2. The van der Waals surface area contributed by atoms with Crippen LogP contribution in [0, 0.1) is 11.7 Å². The van der Waals surface area contributed by atoms with Gasteiger partial charge in [-0.05, 0) is 37.1 Å². The van der Waals surface area contributed by atoms with Crippen LogP contribution in [0.25, 0.3) is 0 Å². The Morgan fingerprint density at radius 2 is 1.86 bits per heavy atom. The van der Waals surface area contributed by atoms with Gasteiger partial charge in [-0.2, -0.15) is 0 Å². The highest BCUT2D eigenvalue weighted by Gasteiger charge is 2.33. The lowest BCUT2D eigenvalue weighted by Crippen LogP contribution is -2.40. The normalized spacial score (nSPS) is 22.8. The highest BCUT2D eigenvalue weighted by Crippen LogP contribution is 2.26. The second kappa shape index (κ2) is 5.84. The fourth-order valence-electron chi connectivity index (χ4n) is 3.18. The molecule has 1 heterocycles. The van der Waals surface area contributed by atoms with Crippen LogP contribution in [0.2, 0.25) is 0 Å². The van der Waals surface area contributed by atoms with Gasteiger partial charge < -0.3 is 10.2 Å². The van der Waals surface area contributed by atoms with E-state index in [1.807, 2.05) is 0 Å². The molecule has 1 aliphatic carbocycles. The monoisotopic (exact) mass is 290 g/mol. The summed E-state index contributed by atoms with van der Waals surface area (Å²) in [5.41, 5.74) is 0.680. The summed E-state index contributed by atoms with van der Waals surface area (Å²) in [6.07, 6.45) is 4.45. The lowest BCUT2D eigenvalue weighted by molar-refractivity contribution is -0.125. The maximum Gasteiger partial charge on any atom is 0.229 e. The molecule has 1 N–H and O–H groups in total. The number of hydrogen-bond donors (Lipinski definition) is 1. The molecular formula is C16H19FN2O2. The highest BCUT2D eigenvalue weighted by atomic mass is 19.1. The summed E-state index contributed by atoms with van der Waals surface area (Å²) in [6.45, 7) is 0.461. The molecule has 4 nitrogen and oxygen atoms in total. The molecule has 2 aliphatic rings. The van der Waals surface area contributed by atoms with E-state index in [0.29, 0.717) is 18.7 Å². The van der Waals surface area contributed by atoms with E-state index in [1.165, 1.54) is 12.1 Å². The molecule has 0 bridgehead atoms. The van der Waals surface area contributed by atoms with Crippen molar-refractivity contribution in [1.29, 1.82) is 0 Å². The Morgan fingerprint density at radius 1 is 1.19 bits per heavy atom. The molecule has 2 amide bonds. The van der Waals surface area contributed by atoms with E-state index in [4.69, 9.17) is 0 Å². The van der Waals surface area contributed by atoms with Crippen LogP contribution < -0.4 is 10.2 Å². The standard InChI is InChI=1S/C16H19FN2O2/c17-12-5-7-14(8-6-12)19-10-13(9-15(19)20)18-16(21)11-3-1-2-4-11/h5-8,11,13H,1-4,9-10H2,(H,18,21)/t13-/m0/s1. The molecule has 2 fully saturated rings. The lowest BCUT2D eigenvalue weighted by atomic mass is 10.1. The number of halogens is 1. The van der Waals surface area contributed by atoms with Gasteiger partial charge in [-0.15, -0.1) is 0 Å². The Kier molecular flexibility index (Phi) is 3.90. The molecule has 0 spiro atoms. The summed E-state index contributed by atoms with van der Waals surface area (Å²) in [6, 6.07) is 5.72. The number of nitrogens with zero attached hydrogens (tertiary/aromatic N) is 1. The minimum absolute atomic E-state index is 0.0293. The number of carbonyl (C=O) groups excluding carboxylic acids is 2. The molecule has 1 saturated heterocycles. The first kappa shape index (κ1) is 14.0. The first-order valence-electron chi connectivity index (χ1n) is 7.50. The summed E-state index contributed by atoms with van der Waals surface area (Å²) in [5.74, 6) is -0.166. The molecule has 1 aromatic rings. The molecule has 0 aromatic heterocycles. The molecule has 1 aromatic carbocycles. The van der Waals surface area contributed by atoms with Crippen molar-refractivity contribution in [3.8, 4) is 0 Å². The van der Waals surface area contributed by atoms with Crippen LogP contribution in [-0.4, -0.2) is 24.4 Å². The van der Waals surface area contributed by atoms with Gasteiger partial charge in [0.25, 0.3) is 0 Å². The van der Waals surface area contributed by atoms with Gasteiger partial charge in [0.1, 0.15) is 5.82 Å². The van der Waals surface area contributed by atoms with Crippen LogP contribution in [-0.2, 0) is 9.59 Å². The molecule has 1 aliphatic heterocycles. The van der Waals surface area contributed by atoms with Crippen LogP contribution in [0.5, 0.6) is 0 Å². The van der Waals surface area contributed by atoms with Gasteiger partial charge in [0.15, 0.2) is 0 Å². The first-order chi connectivity index (χ1) is 10.1. The summed E-state index contributed by atoms with van der Waals surface area (Å²) in [4.78, 5) is 25.8. The van der Waals surface area contributed by atoms with Crippen LogP contribution >= 0.6 is 0 Å². The third kappa shape index (κ3) is 3.06. The second-order valence-corrected chi connectivity index (χ2v) is 5.87. The van der Waals surface area contributed by atoms with Crippen molar-refractivity contribution in [3.63, 3.8) is 0 Å². The number of amides is 2. The summed E-state index contributed by atoms with van der Waals surface area (Å²) < 4.78 is 12.9. The van der Waals surface area contributed by atoms with E-state index in [-0.39, 0.29) is 29.6 Å². The number of rotatable bonds is 3. The second-order valence-electron chi connectivity index (χ2n) is 5.87. The van der Waals surface area contributed by atoms with Crippen molar-refractivity contribution >= 4 is 17.5 Å². The highest BCUT2D eigenvalue weighted by molar-refractivity contribution is 5.96. The zero-order valence-corrected chi connectivity index (χ0v) is 11.8. The Hall–Kier alpha value is -1.91. The lowest BCUT2D eigenvalue weighted by Gasteiger charge is -2.18. The predicted octanol–water partition coefficient (Wildman–Crippen LogP) is 2.24. The Morgan fingerprint density at radius 3 is 2.52 bits per heavy atom. The zero-order chi connectivity index (χ0) is 14.8. The quantitative estimate of drug-likeness (QED) is 0.928. The number of nitrogens with one attached hydrogen (secondary N) is 1. The van der Waals surface area contributed by atoms with Gasteiger partial charge in [-0.1, -0.05) is 12.8 Å². The van der Waals surface area contributed by atoms with E-state index in [1.54, 1.807) is 17.0 Å². The van der Waals surface area contributed by atoms with E-state index < -0.39 is 0 Å². The minimum Gasteiger partial charge on any atom is -0.351 e. The van der Waals surface area contributed by atoms with E-state index in [0.717, 1.165) is 25.7 Å². The van der Waals surface area contributed by atoms with Crippen molar-refractivity contribution in [3.05, 3.63) is 30.1 Å². The van der Waals surface area contributed by atoms with Crippen molar-refractivity contribution in [2.45, 2.75) is 38.1 Å². The van der Waals surface area contributed by atoms with Crippen LogP contribution in [0.4, 0.5) is 10.1 Å². The molecule has 1 saturated carbocycles. The Labute approximate surface area is 123 Å². The van der Waals surface area contributed by atoms with E-state index in [9.17, 15) is 14.0 Å². The van der Waals surface area contributed by atoms with Crippen molar-refractivity contribution < 1.29 is 14.0 Å². The van der Waals surface area contributed by atoms with Gasteiger partial charge in [0, 0.05) is 24.6 Å². The molecule has 0 radical (unpaired) electrons. The zero-order valence-electron chi connectivity index (χ0n) is 11.8. The SMILES string of the molecule is O=C(N[C@H]1CC(=O)N(c2ccc(F)cc2)C1)C1CCCC1. The number of hydrogen-bond acceptors (Lipinski definition) is 2. The summed E-state index contributed by atoms with van der Waals surface area (Å²) >= 11 is 0. The van der Waals surface area contributed by atoms with Crippen LogP contribution in [0.1, 0.15) is 32.1 Å². The molecule has 0 unspecified atom stereocenters. The largest absolute Gasteiger partial charge is 0.351 e. The average Bonchev–Trinajstić information content (AvgIpc) is 3.10. The Bertz CT molecular complexity index is 538. The van der Waals surface area contributed by atoms with Gasteiger partial charge in [-0.25, -0.2) is 4.39 Å². The fraction of sp³-hybridized carbons (Fsp3) is 0.500. The molecule has 5 heteroatoms. The topological polar surface area (TPSA) is 49.4 Å². The van der Waals surface area contributed by atoms with E-state index in [2.05, 4.69) is 5.32 Å². The van der Waals surface area contributed by atoms with Crippen LogP contribution in [0.3, 0.4) is 0 Å². The average molecular weight is 290 g/mol. The third-order valence-corrected chi connectivity index (χ3v) is 4.34. The first-order valence-corrected chi connectivity index (χ1v) is 7.50. The Balaban J connectivity index is 1.61. The van der Waals surface area contributed by atoms with Crippen LogP contribution in [0.15, 0.2) is 24.3 Å². The number of anilines is 1. The van der Waals surface area contributed by atoms with Crippen molar-refractivity contribution in [2.24, 2.45) is 5.92 Å². The number of benzene rings is 1. The predicted molar refractivity (Wildman–Crippen MR) is 77.3 cm³/mol. The third-order valence-electron chi connectivity index (χ3n) is 4.34.